The van der Waals surface area contributed by atoms with Crippen LogP contribution in [0, 0.1) is 16.0 Å². The highest BCUT2D eigenvalue weighted by Gasteiger charge is 2.33. The molecule has 2 heterocycles. The van der Waals surface area contributed by atoms with Crippen LogP contribution in [0.4, 0.5) is 17.2 Å². The predicted octanol–water partition coefficient (Wildman–Crippen LogP) is 4.64. The van der Waals surface area contributed by atoms with Crippen molar-refractivity contribution in [3.63, 3.8) is 0 Å². The molecule has 11 nitrogen and oxygen atoms in total. The number of carboxylic acids is 1. The van der Waals surface area contributed by atoms with Crippen LogP contribution in [0.5, 0.6) is 11.5 Å². The number of aromatic carboxylic acids is 1. The Bertz CT molecular complexity index is 1320. The van der Waals surface area contributed by atoms with Crippen LogP contribution < -0.4 is 20.1 Å². The van der Waals surface area contributed by atoms with Crippen LogP contribution in [0.15, 0.2) is 54.7 Å². The number of nitrogens with one attached hydrogen (secondary N) is 2. The van der Waals surface area contributed by atoms with E-state index in [2.05, 4.69) is 39.6 Å². The smallest absolute Gasteiger partial charge is 0.339 e. The van der Waals surface area contributed by atoms with E-state index < -0.39 is 16.6 Å². The van der Waals surface area contributed by atoms with Crippen LogP contribution in [0.25, 0.3) is 0 Å². The number of anilines is 2. The first kappa shape index (κ1) is 27.6. The van der Waals surface area contributed by atoms with Gasteiger partial charge in [-0.1, -0.05) is 43.3 Å². The lowest BCUT2D eigenvalue weighted by Gasteiger charge is -2.38. The number of methoxy groups -OCH3 is 2. The number of aromatic nitrogens is 1. The van der Waals surface area contributed by atoms with E-state index in [0.29, 0.717) is 18.0 Å². The van der Waals surface area contributed by atoms with Crippen LogP contribution in [0.2, 0.25) is 0 Å². The summed E-state index contributed by atoms with van der Waals surface area (Å²) in [6, 6.07) is 15.2. The van der Waals surface area contributed by atoms with Gasteiger partial charge in [0.05, 0.1) is 19.1 Å². The Balaban J connectivity index is 1.60. The molecule has 2 aromatic carbocycles. The van der Waals surface area contributed by atoms with Gasteiger partial charge in [-0.25, -0.2) is 9.78 Å². The first-order valence-electron chi connectivity index (χ1n) is 12.7. The standard InChI is InChI=1S/C28H33N5O6/c1-18-11-12-32(16-19-7-5-4-6-8-19)17-22(18)31-25-21(28(34)35)15-30-27(26(25)33(36)37)29-14-20-9-10-23(38-2)24(13-20)39-3/h4-10,13,15,18,22H,11-12,14,16-17H2,1-3H3,(H,34,35)(H2,29,30,31)/t18-,22+/m1/s1. The Kier molecular flexibility index (Phi) is 8.82. The number of carboxylic acid groups (broad SMARTS) is 1. The number of ether oxygens (including phenoxy) is 2. The molecule has 0 spiro atoms. The second-order valence-electron chi connectivity index (χ2n) is 9.59. The zero-order chi connectivity index (χ0) is 27.9. The summed E-state index contributed by atoms with van der Waals surface area (Å²) in [4.78, 5) is 30.2. The van der Waals surface area contributed by atoms with E-state index in [-0.39, 0.29) is 35.6 Å². The largest absolute Gasteiger partial charge is 0.493 e. The van der Waals surface area contributed by atoms with Crippen molar-refractivity contribution in [2.45, 2.75) is 32.5 Å². The number of benzene rings is 2. The van der Waals surface area contributed by atoms with Crippen molar-refractivity contribution in [1.29, 1.82) is 0 Å². The molecular weight excluding hydrogens is 502 g/mol. The maximum atomic E-state index is 12.3. The van der Waals surface area contributed by atoms with E-state index in [1.807, 2.05) is 18.2 Å². The molecule has 0 aliphatic carbocycles. The molecule has 2 atom stereocenters. The minimum absolute atomic E-state index is 0.0214. The van der Waals surface area contributed by atoms with Gasteiger partial charge in [-0.05, 0) is 42.1 Å². The van der Waals surface area contributed by atoms with Crippen molar-refractivity contribution in [3.8, 4) is 11.5 Å². The molecule has 1 aliphatic heterocycles. The summed E-state index contributed by atoms with van der Waals surface area (Å²) in [5.41, 5.74) is 1.26. The van der Waals surface area contributed by atoms with Gasteiger partial charge >= 0.3 is 11.7 Å². The molecule has 3 N–H and O–H groups in total. The number of pyridine rings is 1. The van der Waals surface area contributed by atoms with Gasteiger partial charge in [0.1, 0.15) is 11.3 Å². The lowest BCUT2D eigenvalue weighted by atomic mass is 9.92. The molecule has 1 aliphatic rings. The summed E-state index contributed by atoms with van der Waals surface area (Å²) in [5, 5.41) is 28.4. The molecule has 3 aromatic rings. The molecule has 1 fully saturated rings. The third-order valence-corrected chi connectivity index (χ3v) is 7.00. The van der Waals surface area contributed by atoms with Crippen molar-refractivity contribution >= 4 is 23.2 Å². The third kappa shape index (κ3) is 6.55. The van der Waals surface area contributed by atoms with Gasteiger partial charge in [0, 0.05) is 31.9 Å². The highest BCUT2D eigenvalue weighted by Crippen LogP contribution is 2.37. The average Bonchev–Trinajstić information content (AvgIpc) is 2.93. The fraction of sp³-hybridized carbons (Fsp3) is 0.357. The fourth-order valence-electron chi connectivity index (χ4n) is 4.79. The number of likely N-dealkylation sites (tertiary alicyclic amines) is 1. The van der Waals surface area contributed by atoms with Crippen molar-refractivity contribution in [1.82, 2.24) is 9.88 Å². The highest BCUT2D eigenvalue weighted by molar-refractivity contribution is 5.98. The number of piperidine rings is 1. The second-order valence-corrected chi connectivity index (χ2v) is 9.59. The summed E-state index contributed by atoms with van der Waals surface area (Å²) in [7, 11) is 3.06. The molecule has 4 rings (SSSR count). The second kappa shape index (κ2) is 12.4. The minimum Gasteiger partial charge on any atom is -0.493 e. The highest BCUT2D eigenvalue weighted by atomic mass is 16.6. The number of rotatable bonds is 11. The SMILES string of the molecule is COc1ccc(CNc2ncc(C(=O)O)c(N[C@H]3CN(Cc4ccccc4)CC[C@H]3C)c2[N+](=O)[O-])cc1OC. The molecule has 0 unspecified atom stereocenters. The molecule has 39 heavy (non-hydrogen) atoms. The van der Waals surface area contributed by atoms with Gasteiger partial charge < -0.3 is 25.2 Å². The molecule has 0 saturated carbocycles. The molecule has 11 heteroatoms. The van der Waals surface area contributed by atoms with E-state index in [0.717, 1.165) is 31.3 Å². The lowest BCUT2D eigenvalue weighted by Crippen LogP contribution is -2.46. The molecule has 206 valence electrons. The Labute approximate surface area is 226 Å². The van der Waals surface area contributed by atoms with Crippen LogP contribution >= 0.6 is 0 Å². The van der Waals surface area contributed by atoms with Gasteiger partial charge in [-0.15, -0.1) is 0 Å². The van der Waals surface area contributed by atoms with Crippen molar-refractivity contribution < 1.29 is 24.3 Å². The molecule has 1 saturated heterocycles. The Morgan fingerprint density at radius 3 is 2.56 bits per heavy atom. The maximum absolute atomic E-state index is 12.3. The molecule has 0 radical (unpaired) electrons. The van der Waals surface area contributed by atoms with Gasteiger partial charge in [0.15, 0.2) is 11.5 Å². The Morgan fingerprint density at radius 1 is 1.15 bits per heavy atom. The van der Waals surface area contributed by atoms with Crippen LogP contribution in [-0.2, 0) is 13.1 Å². The normalized spacial score (nSPS) is 17.3. The van der Waals surface area contributed by atoms with Crippen molar-refractivity contribution in [3.05, 3.63) is 81.5 Å². The summed E-state index contributed by atoms with van der Waals surface area (Å²) in [5.74, 6) is -0.0506. The number of hydrogen-bond donors (Lipinski definition) is 3. The zero-order valence-electron chi connectivity index (χ0n) is 22.2. The molecule has 0 bridgehead atoms. The number of nitro groups is 1. The number of nitrogens with zero attached hydrogens (tertiary/aromatic N) is 3. The van der Waals surface area contributed by atoms with E-state index in [9.17, 15) is 20.0 Å². The van der Waals surface area contributed by atoms with Crippen LogP contribution in [-0.4, -0.2) is 59.2 Å². The minimum atomic E-state index is -1.29. The first-order valence-corrected chi connectivity index (χ1v) is 12.7. The fourth-order valence-corrected chi connectivity index (χ4v) is 4.79. The van der Waals surface area contributed by atoms with Crippen molar-refractivity contribution in [2.24, 2.45) is 5.92 Å². The summed E-state index contributed by atoms with van der Waals surface area (Å²) in [6.45, 7) is 4.51. The first-order chi connectivity index (χ1) is 18.8. The topological polar surface area (TPSA) is 139 Å². The quantitative estimate of drug-likeness (QED) is 0.235. The van der Waals surface area contributed by atoms with E-state index in [4.69, 9.17) is 9.47 Å². The van der Waals surface area contributed by atoms with Crippen LogP contribution in [0.3, 0.4) is 0 Å². The van der Waals surface area contributed by atoms with E-state index in [1.165, 1.54) is 19.8 Å². The monoisotopic (exact) mass is 535 g/mol. The van der Waals surface area contributed by atoms with Gasteiger partial charge in [0.2, 0.25) is 5.82 Å². The van der Waals surface area contributed by atoms with E-state index >= 15 is 0 Å². The number of carbonyl (C=O) groups is 1. The number of hydrogen-bond acceptors (Lipinski definition) is 9. The molecule has 1 aromatic heterocycles. The summed E-state index contributed by atoms with van der Waals surface area (Å²) in [6.07, 6.45) is 2.03. The molecular formula is C28H33N5O6. The summed E-state index contributed by atoms with van der Waals surface area (Å²) < 4.78 is 10.6. The lowest BCUT2D eigenvalue weighted by molar-refractivity contribution is -0.383. The predicted molar refractivity (Wildman–Crippen MR) is 148 cm³/mol. The Morgan fingerprint density at radius 2 is 1.90 bits per heavy atom. The van der Waals surface area contributed by atoms with Gasteiger partial charge in [-0.2, -0.15) is 0 Å². The summed E-state index contributed by atoms with van der Waals surface area (Å²) >= 11 is 0. The Hall–Kier alpha value is -4.38. The van der Waals surface area contributed by atoms with Gasteiger partial charge in [-0.3, -0.25) is 15.0 Å². The maximum Gasteiger partial charge on any atom is 0.339 e. The van der Waals surface area contributed by atoms with E-state index in [1.54, 1.807) is 18.2 Å². The van der Waals surface area contributed by atoms with Crippen LogP contribution in [0.1, 0.15) is 34.8 Å². The molecule has 0 amide bonds. The zero-order valence-corrected chi connectivity index (χ0v) is 22.2. The van der Waals surface area contributed by atoms with Gasteiger partial charge in [0.25, 0.3) is 0 Å². The van der Waals surface area contributed by atoms with Crippen molar-refractivity contribution in [2.75, 3.05) is 37.9 Å². The third-order valence-electron chi connectivity index (χ3n) is 7.00. The average molecular weight is 536 g/mol.